The van der Waals surface area contributed by atoms with Crippen LogP contribution < -0.4 is 11.1 Å². The summed E-state index contributed by atoms with van der Waals surface area (Å²) in [5.41, 5.74) is 7.99. The summed E-state index contributed by atoms with van der Waals surface area (Å²) >= 11 is 0. The Hall–Kier alpha value is -2.74. The van der Waals surface area contributed by atoms with Gasteiger partial charge in [0, 0.05) is 18.2 Å². The minimum atomic E-state index is -0.518. The van der Waals surface area contributed by atoms with Crippen molar-refractivity contribution < 1.29 is 4.79 Å². The summed E-state index contributed by atoms with van der Waals surface area (Å²) in [6.07, 6.45) is 3.50. The molecule has 2 aromatic heterocycles. The van der Waals surface area contributed by atoms with E-state index in [2.05, 4.69) is 25.5 Å². The molecule has 4 N–H and O–H groups in total. The normalized spacial score (nSPS) is 18.3. The summed E-state index contributed by atoms with van der Waals surface area (Å²) in [6.45, 7) is 1.80. The number of amides is 1. The molecule has 118 valence electrons. The number of H-pyrrole nitrogens is 1. The largest absolute Gasteiger partial charge is 0.363 e. The first-order valence-electron chi connectivity index (χ1n) is 7.63. The van der Waals surface area contributed by atoms with E-state index in [0.29, 0.717) is 17.2 Å². The number of imidazole rings is 1. The molecular formula is C15H17N7O. The van der Waals surface area contributed by atoms with Gasteiger partial charge in [0.1, 0.15) is 11.8 Å². The maximum atomic E-state index is 11.9. The maximum Gasteiger partial charge on any atom is 0.284 e. The maximum absolute atomic E-state index is 11.9. The third kappa shape index (κ3) is 2.27. The van der Waals surface area contributed by atoms with Gasteiger partial charge in [0.15, 0.2) is 11.6 Å². The van der Waals surface area contributed by atoms with Crippen LogP contribution >= 0.6 is 0 Å². The van der Waals surface area contributed by atoms with Crippen molar-refractivity contribution in [2.24, 2.45) is 5.73 Å². The number of piperidine rings is 1. The third-order valence-corrected chi connectivity index (χ3v) is 4.25. The number of benzene rings is 1. The van der Waals surface area contributed by atoms with Gasteiger partial charge in [-0.25, -0.2) is 9.97 Å². The lowest BCUT2D eigenvalue weighted by Gasteiger charge is -2.25. The molecule has 1 fully saturated rings. The summed E-state index contributed by atoms with van der Waals surface area (Å²) in [5.74, 6) is 0.397. The second-order valence-electron chi connectivity index (χ2n) is 5.68. The van der Waals surface area contributed by atoms with Gasteiger partial charge in [-0.15, -0.1) is 0 Å². The second-order valence-corrected chi connectivity index (χ2v) is 5.68. The van der Waals surface area contributed by atoms with Crippen molar-refractivity contribution in [2.45, 2.75) is 18.9 Å². The van der Waals surface area contributed by atoms with E-state index in [1.54, 1.807) is 0 Å². The fourth-order valence-corrected chi connectivity index (χ4v) is 3.24. The SMILES string of the molecule is NC(=O)c1nc2c(-c3ncn[nH]3)cccc2n1C1CCCNC1. The summed E-state index contributed by atoms with van der Waals surface area (Å²) in [7, 11) is 0. The molecule has 1 amide bonds. The van der Waals surface area contributed by atoms with Crippen LogP contribution in [0.25, 0.3) is 22.4 Å². The summed E-state index contributed by atoms with van der Waals surface area (Å²) in [6, 6.07) is 5.97. The second kappa shape index (κ2) is 5.47. The van der Waals surface area contributed by atoms with Gasteiger partial charge in [0.05, 0.1) is 5.52 Å². The molecule has 3 aromatic rings. The van der Waals surface area contributed by atoms with Crippen molar-refractivity contribution in [3.8, 4) is 11.4 Å². The van der Waals surface area contributed by atoms with Crippen molar-refractivity contribution in [3.05, 3.63) is 30.4 Å². The Morgan fingerprint density at radius 2 is 2.30 bits per heavy atom. The number of fused-ring (bicyclic) bond motifs is 1. The van der Waals surface area contributed by atoms with E-state index in [1.165, 1.54) is 6.33 Å². The van der Waals surface area contributed by atoms with Crippen LogP contribution in [0.4, 0.5) is 0 Å². The molecule has 0 saturated carbocycles. The van der Waals surface area contributed by atoms with E-state index in [0.717, 1.165) is 37.0 Å². The fourth-order valence-electron chi connectivity index (χ4n) is 3.24. The molecule has 1 aliphatic rings. The number of nitrogens with two attached hydrogens (primary N) is 1. The van der Waals surface area contributed by atoms with E-state index >= 15 is 0 Å². The van der Waals surface area contributed by atoms with Gasteiger partial charge < -0.3 is 15.6 Å². The molecule has 1 atom stereocenters. The Morgan fingerprint density at radius 3 is 3.00 bits per heavy atom. The molecule has 0 spiro atoms. The summed E-state index contributed by atoms with van der Waals surface area (Å²) in [5, 5.41) is 10.1. The number of nitrogens with zero attached hydrogens (tertiary/aromatic N) is 4. The van der Waals surface area contributed by atoms with Crippen molar-refractivity contribution in [3.63, 3.8) is 0 Å². The van der Waals surface area contributed by atoms with Gasteiger partial charge in [0.25, 0.3) is 5.91 Å². The Balaban J connectivity index is 1.95. The molecule has 1 unspecified atom stereocenters. The minimum Gasteiger partial charge on any atom is -0.363 e. The number of rotatable bonds is 3. The molecule has 1 aromatic carbocycles. The van der Waals surface area contributed by atoms with E-state index in [1.807, 2.05) is 22.8 Å². The molecule has 1 aliphatic heterocycles. The number of aromatic amines is 1. The Bertz CT molecular complexity index is 846. The molecular weight excluding hydrogens is 294 g/mol. The van der Waals surface area contributed by atoms with Gasteiger partial charge in [0.2, 0.25) is 0 Å². The van der Waals surface area contributed by atoms with Crippen LogP contribution in [0.2, 0.25) is 0 Å². The van der Waals surface area contributed by atoms with Crippen LogP contribution in [0, 0.1) is 0 Å². The van der Waals surface area contributed by atoms with Crippen LogP contribution in [-0.4, -0.2) is 43.7 Å². The number of hydrogen-bond acceptors (Lipinski definition) is 5. The van der Waals surface area contributed by atoms with Gasteiger partial charge in [-0.2, -0.15) is 5.10 Å². The van der Waals surface area contributed by atoms with Crippen LogP contribution in [0.3, 0.4) is 0 Å². The highest BCUT2D eigenvalue weighted by Gasteiger charge is 2.25. The highest BCUT2D eigenvalue weighted by Crippen LogP contribution is 2.30. The van der Waals surface area contributed by atoms with E-state index < -0.39 is 5.91 Å². The molecule has 3 heterocycles. The zero-order chi connectivity index (χ0) is 15.8. The first-order valence-corrected chi connectivity index (χ1v) is 7.63. The number of nitrogens with one attached hydrogen (secondary N) is 2. The molecule has 1 saturated heterocycles. The highest BCUT2D eigenvalue weighted by molar-refractivity contribution is 5.97. The number of aromatic nitrogens is 5. The minimum absolute atomic E-state index is 0.168. The van der Waals surface area contributed by atoms with E-state index in [4.69, 9.17) is 5.73 Å². The fraction of sp³-hybridized carbons (Fsp3) is 0.333. The number of primary amides is 1. The smallest absolute Gasteiger partial charge is 0.284 e. The number of hydrogen-bond donors (Lipinski definition) is 3. The van der Waals surface area contributed by atoms with Crippen molar-refractivity contribution >= 4 is 16.9 Å². The Labute approximate surface area is 132 Å². The van der Waals surface area contributed by atoms with Crippen LogP contribution in [0.15, 0.2) is 24.5 Å². The monoisotopic (exact) mass is 311 g/mol. The first-order chi connectivity index (χ1) is 11.3. The summed E-state index contributed by atoms with van der Waals surface area (Å²) in [4.78, 5) is 20.6. The van der Waals surface area contributed by atoms with Crippen LogP contribution in [0.1, 0.15) is 29.5 Å². The molecule has 8 heteroatoms. The third-order valence-electron chi connectivity index (χ3n) is 4.25. The first kappa shape index (κ1) is 13.9. The zero-order valence-electron chi connectivity index (χ0n) is 12.5. The molecule has 0 bridgehead atoms. The van der Waals surface area contributed by atoms with Gasteiger partial charge in [-0.05, 0) is 31.5 Å². The van der Waals surface area contributed by atoms with Crippen molar-refractivity contribution in [2.75, 3.05) is 13.1 Å². The number of carbonyl (C=O) groups excluding carboxylic acids is 1. The highest BCUT2D eigenvalue weighted by atomic mass is 16.1. The number of carbonyl (C=O) groups is 1. The van der Waals surface area contributed by atoms with E-state index in [-0.39, 0.29) is 6.04 Å². The molecule has 8 nitrogen and oxygen atoms in total. The number of para-hydroxylation sites is 1. The molecule has 0 aliphatic carbocycles. The van der Waals surface area contributed by atoms with Crippen LogP contribution in [0.5, 0.6) is 0 Å². The van der Waals surface area contributed by atoms with Gasteiger partial charge >= 0.3 is 0 Å². The van der Waals surface area contributed by atoms with Crippen molar-refractivity contribution in [1.29, 1.82) is 0 Å². The lowest BCUT2D eigenvalue weighted by atomic mass is 10.1. The zero-order valence-corrected chi connectivity index (χ0v) is 12.5. The topological polar surface area (TPSA) is 115 Å². The standard InChI is InChI=1S/C15H17N7O/c16-13(23)15-20-12-10(14-18-8-19-21-14)4-1-5-11(12)22(15)9-3-2-6-17-7-9/h1,4-5,8-9,17H,2-3,6-7H2,(H2,16,23)(H,18,19,21). The van der Waals surface area contributed by atoms with Gasteiger partial charge in [-0.1, -0.05) is 6.07 Å². The van der Waals surface area contributed by atoms with Crippen molar-refractivity contribution in [1.82, 2.24) is 30.0 Å². The lowest BCUT2D eigenvalue weighted by molar-refractivity contribution is 0.0983. The van der Waals surface area contributed by atoms with Gasteiger partial charge in [-0.3, -0.25) is 9.89 Å². The van der Waals surface area contributed by atoms with Crippen LogP contribution in [-0.2, 0) is 0 Å². The average Bonchev–Trinajstić information content (AvgIpc) is 3.23. The molecule has 23 heavy (non-hydrogen) atoms. The van der Waals surface area contributed by atoms with E-state index in [9.17, 15) is 4.79 Å². The Kier molecular flexibility index (Phi) is 3.30. The molecule has 4 rings (SSSR count). The average molecular weight is 311 g/mol. The predicted molar refractivity (Wildman–Crippen MR) is 84.8 cm³/mol. The quantitative estimate of drug-likeness (QED) is 0.663. The summed E-state index contributed by atoms with van der Waals surface area (Å²) < 4.78 is 1.96. The molecule has 0 radical (unpaired) electrons. The lowest BCUT2D eigenvalue weighted by Crippen LogP contribution is -2.33. The predicted octanol–water partition coefficient (Wildman–Crippen LogP) is 0.845. The Morgan fingerprint density at radius 1 is 1.39 bits per heavy atom.